The first-order valence-corrected chi connectivity index (χ1v) is 3.47. The SMILES string of the molecule is CC(C)C(C)N(C=O)C(=O)O. The van der Waals surface area contributed by atoms with Crippen LogP contribution in [-0.4, -0.2) is 28.6 Å². The van der Waals surface area contributed by atoms with Crippen LogP contribution in [0, 0.1) is 5.92 Å². The van der Waals surface area contributed by atoms with E-state index < -0.39 is 6.09 Å². The van der Waals surface area contributed by atoms with Crippen LogP contribution in [0.1, 0.15) is 20.8 Å². The summed E-state index contributed by atoms with van der Waals surface area (Å²) in [6, 6.07) is -0.259. The molecular formula is C7H13NO3. The first-order valence-electron chi connectivity index (χ1n) is 3.47. The molecule has 0 aliphatic rings. The van der Waals surface area contributed by atoms with Gasteiger partial charge in [-0.25, -0.2) is 9.69 Å². The molecular weight excluding hydrogens is 146 g/mol. The van der Waals surface area contributed by atoms with Crippen molar-refractivity contribution in [2.45, 2.75) is 26.8 Å². The number of hydrogen-bond donors (Lipinski definition) is 1. The zero-order valence-corrected chi connectivity index (χ0v) is 6.94. The molecule has 4 nitrogen and oxygen atoms in total. The lowest BCUT2D eigenvalue weighted by molar-refractivity contribution is -0.118. The average molecular weight is 159 g/mol. The lowest BCUT2D eigenvalue weighted by Crippen LogP contribution is -2.39. The van der Waals surface area contributed by atoms with E-state index in [1.54, 1.807) is 6.92 Å². The van der Waals surface area contributed by atoms with Crippen LogP contribution in [0.2, 0.25) is 0 Å². The molecule has 0 radical (unpaired) electrons. The summed E-state index contributed by atoms with van der Waals surface area (Å²) >= 11 is 0. The Kier molecular flexibility index (Phi) is 3.57. The number of carboxylic acid groups (broad SMARTS) is 1. The van der Waals surface area contributed by atoms with E-state index in [2.05, 4.69) is 0 Å². The molecule has 64 valence electrons. The second kappa shape index (κ2) is 3.95. The lowest BCUT2D eigenvalue weighted by Gasteiger charge is -2.23. The quantitative estimate of drug-likeness (QED) is 0.629. The Hall–Kier alpha value is -1.06. The molecule has 4 heteroatoms. The molecule has 0 aromatic heterocycles. The summed E-state index contributed by atoms with van der Waals surface area (Å²) < 4.78 is 0. The van der Waals surface area contributed by atoms with Crippen LogP contribution >= 0.6 is 0 Å². The van der Waals surface area contributed by atoms with E-state index in [4.69, 9.17) is 5.11 Å². The van der Waals surface area contributed by atoms with Crippen LogP contribution in [0.25, 0.3) is 0 Å². The molecule has 0 saturated heterocycles. The smallest absolute Gasteiger partial charge is 0.414 e. The maximum atomic E-state index is 10.4. The minimum absolute atomic E-state index is 0.149. The van der Waals surface area contributed by atoms with Gasteiger partial charge < -0.3 is 5.11 Å². The van der Waals surface area contributed by atoms with Gasteiger partial charge in [0.05, 0.1) is 0 Å². The van der Waals surface area contributed by atoms with Gasteiger partial charge in [-0.1, -0.05) is 13.8 Å². The highest BCUT2D eigenvalue weighted by molar-refractivity contribution is 5.79. The van der Waals surface area contributed by atoms with Crippen LogP contribution in [0.15, 0.2) is 0 Å². The zero-order valence-electron chi connectivity index (χ0n) is 6.94. The lowest BCUT2D eigenvalue weighted by atomic mass is 10.1. The van der Waals surface area contributed by atoms with Crippen LogP contribution in [0.3, 0.4) is 0 Å². The number of rotatable bonds is 3. The zero-order chi connectivity index (χ0) is 9.02. The van der Waals surface area contributed by atoms with Gasteiger partial charge in [0.1, 0.15) is 0 Å². The van der Waals surface area contributed by atoms with E-state index in [0.29, 0.717) is 6.41 Å². The van der Waals surface area contributed by atoms with Gasteiger partial charge in [0.2, 0.25) is 6.41 Å². The van der Waals surface area contributed by atoms with Crippen LogP contribution in [0.4, 0.5) is 4.79 Å². The minimum Gasteiger partial charge on any atom is -0.465 e. The van der Waals surface area contributed by atoms with Crippen molar-refractivity contribution < 1.29 is 14.7 Å². The van der Waals surface area contributed by atoms with E-state index in [1.807, 2.05) is 13.8 Å². The predicted molar refractivity (Wildman–Crippen MR) is 40.2 cm³/mol. The normalized spacial score (nSPS) is 12.7. The van der Waals surface area contributed by atoms with E-state index >= 15 is 0 Å². The molecule has 0 spiro atoms. The maximum absolute atomic E-state index is 10.4. The number of carbonyl (C=O) groups excluding carboxylic acids is 1. The molecule has 0 rings (SSSR count). The third-order valence-corrected chi connectivity index (χ3v) is 1.74. The van der Waals surface area contributed by atoms with Gasteiger partial charge in [0.25, 0.3) is 0 Å². The Balaban J connectivity index is 4.25. The Labute approximate surface area is 65.8 Å². The Morgan fingerprint density at radius 3 is 2.00 bits per heavy atom. The first kappa shape index (κ1) is 9.94. The van der Waals surface area contributed by atoms with Crippen molar-refractivity contribution in [2.24, 2.45) is 5.92 Å². The monoisotopic (exact) mass is 159 g/mol. The molecule has 0 aliphatic heterocycles. The van der Waals surface area contributed by atoms with E-state index in [-0.39, 0.29) is 12.0 Å². The topological polar surface area (TPSA) is 57.6 Å². The summed E-state index contributed by atoms with van der Waals surface area (Å²) in [6.07, 6.45) is -0.853. The van der Waals surface area contributed by atoms with Gasteiger partial charge in [-0.05, 0) is 12.8 Å². The highest BCUT2D eigenvalue weighted by Gasteiger charge is 2.20. The third-order valence-electron chi connectivity index (χ3n) is 1.74. The number of nitrogens with zero attached hydrogens (tertiary/aromatic N) is 1. The van der Waals surface area contributed by atoms with Gasteiger partial charge in [-0.3, -0.25) is 4.79 Å². The Bertz CT molecular complexity index is 156. The second-order valence-electron chi connectivity index (χ2n) is 2.78. The molecule has 1 atom stereocenters. The van der Waals surface area contributed by atoms with Gasteiger partial charge >= 0.3 is 6.09 Å². The Morgan fingerprint density at radius 1 is 1.45 bits per heavy atom. The van der Waals surface area contributed by atoms with Crippen molar-refractivity contribution in [3.63, 3.8) is 0 Å². The molecule has 2 amide bonds. The molecule has 0 aliphatic carbocycles. The second-order valence-corrected chi connectivity index (χ2v) is 2.78. The molecule has 1 N–H and O–H groups in total. The van der Waals surface area contributed by atoms with Crippen molar-refractivity contribution >= 4 is 12.5 Å². The highest BCUT2D eigenvalue weighted by Crippen LogP contribution is 2.07. The molecule has 0 fully saturated rings. The van der Waals surface area contributed by atoms with Crippen LogP contribution in [0.5, 0.6) is 0 Å². The molecule has 0 saturated carbocycles. The molecule has 0 heterocycles. The first-order chi connectivity index (χ1) is 5.00. The number of carbonyl (C=O) groups is 2. The molecule has 0 aromatic carbocycles. The number of amides is 2. The van der Waals surface area contributed by atoms with Crippen molar-refractivity contribution in [1.82, 2.24) is 4.90 Å². The van der Waals surface area contributed by atoms with Crippen molar-refractivity contribution in [1.29, 1.82) is 0 Å². The van der Waals surface area contributed by atoms with Gasteiger partial charge in [0, 0.05) is 6.04 Å². The fourth-order valence-corrected chi connectivity index (χ4v) is 0.636. The summed E-state index contributed by atoms with van der Waals surface area (Å²) in [5.74, 6) is 0.149. The summed E-state index contributed by atoms with van der Waals surface area (Å²) in [5.41, 5.74) is 0. The van der Waals surface area contributed by atoms with Crippen molar-refractivity contribution in [2.75, 3.05) is 0 Å². The largest absolute Gasteiger partial charge is 0.465 e. The van der Waals surface area contributed by atoms with Crippen LogP contribution < -0.4 is 0 Å². The summed E-state index contributed by atoms with van der Waals surface area (Å²) in [5, 5.41) is 8.49. The Morgan fingerprint density at radius 2 is 1.91 bits per heavy atom. The molecule has 0 bridgehead atoms. The van der Waals surface area contributed by atoms with Crippen molar-refractivity contribution in [3.8, 4) is 0 Å². The molecule has 1 unspecified atom stereocenters. The standard InChI is InChI=1S/C7H13NO3/c1-5(2)6(3)8(4-9)7(10)11/h4-6H,1-3H3,(H,10,11). The fraction of sp³-hybridized carbons (Fsp3) is 0.714. The van der Waals surface area contributed by atoms with E-state index in [1.165, 1.54) is 0 Å². The average Bonchev–Trinajstić information content (AvgIpc) is 1.88. The number of imide groups is 1. The van der Waals surface area contributed by atoms with Crippen LogP contribution in [-0.2, 0) is 4.79 Å². The van der Waals surface area contributed by atoms with E-state index in [0.717, 1.165) is 4.90 Å². The summed E-state index contributed by atoms with van der Waals surface area (Å²) in [6.45, 7) is 5.43. The summed E-state index contributed by atoms with van der Waals surface area (Å²) in [7, 11) is 0. The highest BCUT2D eigenvalue weighted by atomic mass is 16.4. The minimum atomic E-state index is -1.19. The predicted octanol–water partition coefficient (Wildman–Crippen LogP) is 1.17. The van der Waals surface area contributed by atoms with E-state index in [9.17, 15) is 9.59 Å². The third kappa shape index (κ3) is 2.57. The number of hydrogen-bond acceptors (Lipinski definition) is 2. The molecule has 11 heavy (non-hydrogen) atoms. The van der Waals surface area contributed by atoms with Gasteiger partial charge in [0.15, 0.2) is 0 Å². The van der Waals surface area contributed by atoms with Gasteiger partial charge in [-0.2, -0.15) is 0 Å². The molecule has 0 aromatic rings. The fourth-order valence-electron chi connectivity index (χ4n) is 0.636. The summed E-state index contributed by atoms with van der Waals surface area (Å²) in [4.78, 5) is 21.4. The van der Waals surface area contributed by atoms with Crippen molar-refractivity contribution in [3.05, 3.63) is 0 Å². The van der Waals surface area contributed by atoms with Gasteiger partial charge in [-0.15, -0.1) is 0 Å². The maximum Gasteiger partial charge on any atom is 0.414 e.